The van der Waals surface area contributed by atoms with E-state index in [9.17, 15) is 0 Å². The average Bonchev–Trinajstić information content (AvgIpc) is 2.33. The highest BCUT2D eigenvalue weighted by Gasteiger charge is 2.03. The van der Waals surface area contributed by atoms with Crippen LogP contribution in [-0.4, -0.2) is 10.1 Å². The van der Waals surface area contributed by atoms with Gasteiger partial charge in [-0.1, -0.05) is 5.16 Å². The summed E-state index contributed by atoms with van der Waals surface area (Å²) in [7, 11) is 0. The second kappa shape index (κ2) is 2.05. The Hall–Kier alpha value is -1.38. The van der Waals surface area contributed by atoms with Gasteiger partial charge < -0.3 is 4.52 Å². The van der Waals surface area contributed by atoms with Gasteiger partial charge in [0.15, 0.2) is 0 Å². The summed E-state index contributed by atoms with van der Waals surface area (Å²) in [6, 6.07) is 2.02. The van der Waals surface area contributed by atoms with Crippen LogP contribution in [0.25, 0.3) is 11.1 Å². The van der Waals surface area contributed by atoms with E-state index < -0.39 is 0 Å². The number of nitrogens with zero attached hydrogens (tertiary/aromatic N) is 2. The Balaban J connectivity index is 2.87. The van der Waals surface area contributed by atoms with Crippen LogP contribution in [0, 0.1) is 13.8 Å². The molecule has 0 aromatic carbocycles. The Morgan fingerprint density at radius 3 is 3.00 bits per heavy atom. The number of rotatable bonds is 0. The quantitative estimate of drug-likeness (QED) is 0.572. The number of hydrogen-bond donors (Lipinski definition) is 0. The molecule has 2 aromatic rings. The molecule has 0 N–H and O–H groups in total. The van der Waals surface area contributed by atoms with Crippen molar-refractivity contribution < 1.29 is 4.52 Å². The average molecular weight is 148 g/mol. The minimum atomic E-state index is 0.619. The molecule has 11 heavy (non-hydrogen) atoms. The molecule has 3 heteroatoms. The second-order valence-electron chi connectivity index (χ2n) is 2.63. The molecule has 0 saturated carbocycles. The molecule has 3 nitrogen and oxygen atoms in total. The molecule has 0 aliphatic carbocycles. The van der Waals surface area contributed by atoms with Crippen molar-refractivity contribution in [3.63, 3.8) is 0 Å². The monoisotopic (exact) mass is 148 g/mol. The SMILES string of the molecule is Cc1cnc2onc(C)c2c1. The van der Waals surface area contributed by atoms with Gasteiger partial charge in [0.05, 0.1) is 11.1 Å². The van der Waals surface area contributed by atoms with Gasteiger partial charge in [0.1, 0.15) is 0 Å². The van der Waals surface area contributed by atoms with Gasteiger partial charge in [0, 0.05) is 6.20 Å². The van der Waals surface area contributed by atoms with E-state index in [1.807, 2.05) is 19.9 Å². The first-order chi connectivity index (χ1) is 5.27. The molecule has 0 bridgehead atoms. The third-order valence-corrected chi connectivity index (χ3v) is 1.65. The Bertz CT molecular complexity index is 392. The molecule has 0 amide bonds. The van der Waals surface area contributed by atoms with E-state index in [4.69, 9.17) is 4.52 Å². The summed E-state index contributed by atoms with van der Waals surface area (Å²) in [5.74, 6) is 0. The molecular weight excluding hydrogens is 140 g/mol. The van der Waals surface area contributed by atoms with Crippen LogP contribution in [0.4, 0.5) is 0 Å². The number of aromatic nitrogens is 2. The molecule has 0 fully saturated rings. The molecule has 0 radical (unpaired) electrons. The minimum absolute atomic E-state index is 0.619. The molecule has 2 heterocycles. The Labute approximate surface area is 64.0 Å². The summed E-state index contributed by atoms with van der Waals surface area (Å²) in [5.41, 5.74) is 2.65. The van der Waals surface area contributed by atoms with Crippen LogP contribution >= 0.6 is 0 Å². The maximum Gasteiger partial charge on any atom is 0.257 e. The largest absolute Gasteiger partial charge is 0.336 e. The molecule has 0 saturated heterocycles. The second-order valence-corrected chi connectivity index (χ2v) is 2.63. The van der Waals surface area contributed by atoms with E-state index in [-0.39, 0.29) is 0 Å². The zero-order chi connectivity index (χ0) is 7.84. The topological polar surface area (TPSA) is 38.9 Å². The minimum Gasteiger partial charge on any atom is -0.336 e. The summed E-state index contributed by atoms with van der Waals surface area (Å²) in [6.07, 6.45) is 1.77. The maximum atomic E-state index is 4.94. The van der Waals surface area contributed by atoms with Crippen molar-refractivity contribution in [2.24, 2.45) is 0 Å². The summed E-state index contributed by atoms with van der Waals surface area (Å²) in [6.45, 7) is 3.91. The molecule has 2 aromatic heterocycles. The van der Waals surface area contributed by atoms with Crippen molar-refractivity contribution in [1.29, 1.82) is 0 Å². The first-order valence-corrected chi connectivity index (χ1v) is 3.46. The van der Waals surface area contributed by atoms with Crippen molar-refractivity contribution in [1.82, 2.24) is 10.1 Å². The van der Waals surface area contributed by atoms with E-state index in [0.29, 0.717) is 5.71 Å². The van der Waals surface area contributed by atoms with Crippen molar-refractivity contribution in [3.05, 3.63) is 23.5 Å². The predicted molar refractivity (Wildman–Crippen MR) is 41.3 cm³/mol. The molecule has 0 aliphatic heterocycles. The van der Waals surface area contributed by atoms with E-state index in [1.165, 1.54) is 0 Å². The fourth-order valence-corrected chi connectivity index (χ4v) is 1.05. The predicted octanol–water partition coefficient (Wildman–Crippen LogP) is 1.84. The van der Waals surface area contributed by atoms with Crippen LogP contribution < -0.4 is 0 Å². The lowest BCUT2D eigenvalue weighted by Crippen LogP contribution is -1.76. The van der Waals surface area contributed by atoms with Gasteiger partial charge in [-0.25, -0.2) is 4.98 Å². The summed E-state index contributed by atoms with van der Waals surface area (Å²) < 4.78 is 4.94. The Kier molecular flexibility index (Phi) is 1.18. The molecule has 0 aliphatic rings. The molecule has 56 valence electrons. The van der Waals surface area contributed by atoms with Gasteiger partial charge in [-0.3, -0.25) is 0 Å². The van der Waals surface area contributed by atoms with Gasteiger partial charge in [0.2, 0.25) is 0 Å². The zero-order valence-corrected chi connectivity index (χ0v) is 6.46. The fraction of sp³-hybridized carbons (Fsp3) is 0.250. The first kappa shape index (κ1) is 6.34. The molecule has 0 atom stereocenters. The third kappa shape index (κ3) is 0.888. The summed E-state index contributed by atoms with van der Waals surface area (Å²) in [5, 5.41) is 4.80. The van der Waals surface area contributed by atoms with Gasteiger partial charge in [-0.05, 0) is 25.5 Å². The maximum absolute atomic E-state index is 4.94. The molecule has 0 spiro atoms. The standard InChI is InChI=1S/C8H8N2O/c1-5-3-7-6(2)10-11-8(7)9-4-5/h3-4H,1-2H3. The van der Waals surface area contributed by atoms with E-state index in [1.54, 1.807) is 6.20 Å². The molecule has 2 rings (SSSR count). The lowest BCUT2D eigenvalue weighted by molar-refractivity contribution is 0.443. The van der Waals surface area contributed by atoms with Gasteiger partial charge >= 0.3 is 0 Å². The van der Waals surface area contributed by atoms with Crippen LogP contribution in [0.15, 0.2) is 16.8 Å². The first-order valence-electron chi connectivity index (χ1n) is 3.46. The van der Waals surface area contributed by atoms with Crippen molar-refractivity contribution >= 4 is 11.1 Å². The zero-order valence-electron chi connectivity index (χ0n) is 6.46. The summed E-state index contributed by atoms with van der Waals surface area (Å²) in [4.78, 5) is 4.07. The lowest BCUT2D eigenvalue weighted by Gasteiger charge is -1.88. The van der Waals surface area contributed by atoms with Crippen LogP contribution in [0.5, 0.6) is 0 Å². The number of hydrogen-bond acceptors (Lipinski definition) is 3. The molecule has 0 unspecified atom stereocenters. The lowest BCUT2D eigenvalue weighted by atomic mass is 10.2. The van der Waals surface area contributed by atoms with Crippen molar-refractivity contribution in [3.8, 4) is 0 Å². The van der Waals surface area contributed by atoms with Crippen LogP contribution in [0.2, 0.25) is 0 Å². The van der Waals surface area contributed by atoms with Crippen LogP contribution in [0.1, 0.15) is 11.3 Å². The van der Waals surface area contributed by atoms with Gasteiger partial charge in [0.25, 0.3) is 5.71 Å². The number of pyridine rings is 1. The fourth-order valence-electron chi connectivity index (χ4n) is 1.05. The van der Waals surface area contributed by atoms with E-state index >= 15 is 0 Å². The number of fused-ring (bicyclic) bond motifs is 1. The smallest absolute Gasteiger partial charge is 0.257 e. The highest BCUT2D eigenvalue weighted by atomic mass is 16.5. The van der Waals surface area contributed by atoms with Crippen LogP contribution in [-0.2, 0) is 0 Å². The third-order valence-electron chi connectivity index (χ3n) is 1.65. The van der Waals surface area contributed by atoms with E-state index in [0.717, 1.165) is 16.6 Å². The van der Waals surface area contributed by atoms with Gasteiger partial charge in [-0.15, -0.1) is 0 Å². The highest BCUT2D eigenvalue weighted by Crippen LogP contribution is 2.15. The summed E-state index contributed by atoms with van der Waals surface area (Å²) >= 11 is 0. The van der Waals surface area contributed by atoms with Crippen molar-refractivity contribution in [2.45, 2.75) is 13.8 Å². The Morgan fingerprint density at radius 2 is 2.18 bits per heavy atom. The van der Waals surface area contributed by atoms with E-state index in [2.05, 4.69) is 10.1 Å². The highest BCUT2D eigenvalue weighted by molar-refractivity contribution is 5.75. The molecular formula is C8H8N2O. The number of aryl methyl sites for hydroxylation is 2. The van der Waals surface area contributed by atoms with Crippen molar-refractivity contribution in [2.75, 3.05) is 0 Å². The Morgan fingerprint density at radius 1 is 1.36 bits per heavy atom. The van der Waals surface area contributed by atoms with Gasteiger partial charge in [-0.2, -0.15) is 0 Å². The normalized spacial score (nSPS) is 10.7. The van der Waals surface area contributed by atoms with Crippen LogP contribution in [0.3, 0.4) is 0 Å².